The van der Waals surface area contributed by atoms with Crippen molar-refractivity contribution < 1.29 is 25.8 Å². The van der Waals surface area contributed by atoms with E-state index >= 15 is 0 Å². The minimum Gasteiger partial charge on any atom is -0.263 e. The van der Waals surface area contributed by atoms with Gasteiger partial charge in [0.05, 0.1) is 6.61 Å². The lowest BCUT2D eigenvalue weighted by Crippen LogP contribution is -2.27. The van der Waals surface area contributed by atoms with Gasteiger partial charge < -0.3 is 0 Å². The van der Waals surface area contributed by atoms with Crippen LogP contribution in [-0.2, 0) is 14.3 Å². The molecule has 0 spiro atoms. The maximum atomic E-state index is 11.9. The fourth-order valence-electron chi connectivity index (χ4n) is 0.859. The van der Waals surface area contributed by atoms with Gasteiger partial charge in [-0.25, -0.2) is 0 Å². The van der Waals surface area contributed by atoms with Crippen molar-refractivity contribution in [3.63, 3.8) is 0 Å². The molecular formula is C9H13F3O3S. The molecule has 0 saturated heterocycles. The Hall–Kier alpha value is -0.740. The van der Waals surface area contributed by atoms with E-state index in [0.29, 0.717) is 6.42 Å². The van der Waals surface area contributed by atoms with Crippen molar-refractivity contribution in [3.8, 4) is 12.3 Å². The summed E-state index contributed by atoms with van der Waals surface area (Å²) < 4.78 is 60.4. The lowest BCUT2D eigenvalue weighted by atomic mass is 9.86. The second-order valence-electron chi connectivity index (χ2n) is 4.02. The molecule has 94 valence electrons. The van der Waals surface area contributed by atoms with Gasteiger partial charge in [-0.05, 0) is 11.8 Å². The van der Waals surface area contributed by atoms with Crippen molar-refractivity contribution in [3.05, 3.63) is 0 Å². The van der Waals surface area contributed by atoms with E-state index in [1.807, 2.05) is 0 Å². The van der Waals surface area contributed by atoms with Crippen LogP contribution in [0.25, 0.3) is 0 Å². The van der Waals surface area contributed by atoms with Crippen molar-refractivity contribution in [2.45, 2.75) is 32.2 Å². The molecule has 0 unspecified atom stereocenters. The predicted molar refractivity (Wildman–Crippen MR) is 52.8 cm³/mol. The molecule has 0 heterocycles. The molecule has 3 nitrogen and oxygen atoms in total. The quantitative estimate of drug-likeness (QED) is 0.431. The monoisotopic (exact) mass is 258 g/mol. The highest BCUT2D eigenvalue weighted by Gasteiger charge is 2.47. The molecule has 16 heavy (non-hydrogen) atoms. The Morgan fingerprint density at radius 2 is 1.81 bits per heavy atom. The summed E-state index contributed by atoms with van der Waals surface area (Å²) in [6, 6.07) is 0. The lowest BCUT2D eigenvalue weighted by molar-refractivity contribution is -0.0547. The van der Waals surface area contributed by atoms with Gasteiger partial charge in [-0.15, -0.1) is 12.3 Å². The molecule has 0 aromatic carbocycles. The number of rotatable bonds is 5. The number of hydrogen-bond acceptors (Lipinski definition) is 3. The van der Waals surface area contributed by atoms with E-state index in [2.05, 4.69) is 10.1 Å². The van der Waals surface area contributed by atoms with Crippen molar-refractivity contribution in [1.82, 2.24) is 0 Å². The van der Waals surface area contributed by atoms with Crippen molar-refractivity contribution in [2.24, 2.45) is 5.41 Å². The Balaban J connectivity index is 4.26. The van der Waals surface area contributed by atoms with Crippen LogP contribution in [0.5, 0.6) is 0 Å². The number of halogens is 3. The van der Waals surface area contributed by atoms with Gasteiger partial charge in [0, 0.05) is 6.42 Å². The Kier molecular flexibility index (Phi) is 4.83. The average molecular weight is 258 g/mol. The fourth-order valence-corrected chi connectivity index (χ4v) is 1.30. The molecule has 0 aliphatic carbocycles. The third kappa shape index (κ3) is 4.86. The molecule has 0 aromatic rings. The number of alkyl halides is 3. The molecule has 0 rings (SSSR count). The van der Waals surface area contributed by atoms with E-state index in [4.69, 9.17) is 6.42 Å². The molecule has 0 radical (unpaired) electrons. The van der Waals surface area contributed by atoms with Gasteiger partial charge in [-0.1, -0.05) is 13.8 Å². The molecule has 0 aliphatic rings. The summed E-state index contributed by atoms with van der Waals surface area (Å²) in [6.07, 6.45) is 5.52. The van der Waals surface area contributed by atoms with Crippen molar-refractivity contribution in [2.75, 3.05) is 6.61 Å². The first-order chi connectivity index (χ1) is 7.02. The second-order valence-corrected chi connectivity index (χ2v) is 5.62. The molecule has 0 atom stereocenters. The van der Waals surface area contributed by atoms with Gasteiger partial charge in [0.2, 0.25) is 0 Å². The average Bonchev–Trinajstić information content (AvgIpc) is 2.00. The van der Waals surface area contributed by atoms with Crippen LogP contribution in [0, 0.1) is 17.8 Å². The smallest absolute Gasteiger partial charge is 0.263 e. The van der Waals surface area contributed by atoms with E-state index in [-0.39, 0.29) is 6.42 Å². The summed E-state index contributed by atoms with van der Waals surface area (Å²) in [5.41, 5.74) is -5.82. The first kappa shape index (κ1) is 15.3. The molecule has 0 saturated carbocycles. The number of terminal acetylenes is 1. The Morgan fingerprint density at radius 3 is 2.19 bits per heavy atom. The van der Waals surface area contributed by atoms with E-state index < -0.39 is 27.6 Å². The largest absolute Gasteiger partial charge is 0.523 e. The third-order valence-electron chi connectivity index (χ3n) is 1.88. The Morgan fingerprint density at radius 1 is 1.31 bits per heavy atom. The third-order valence-corrected chi connectivity index (χ3v) is 2.93. The first-order valence-electron chi connectivity index (χ1n) is 4.41. The normalized spacial score (nSPS) is 13.5. The summed E-state index contributed by atoms with van der Waals surface area (Å²) >= 11 is 0. The first-order valence-corrected chi connectivity index (χ1v) is 5.82. The molecular weight excluding hydrogens is 245 g/mol. The van der Waals surface area contributed by atoms with Gasteiger partial charge in [-0.3, -0.25) is 4.18 Å². The van der Waals surface area contributed by atoms with Crippen LogP contribution in [-0.4, -0.2) is 20.5 Å². The Bertz CT molecular complexity index is 362. The van der Waals surface area contributed by atoms with Crippen LogP contribution in [0.1, 0.15) is 26.7 Å². The molecule has 0 N–H and O–H groups in total. The molecule has 0 aliphatic heterocycles. The topological polar surface area (TPSA) is 43.4 Å². The van der Waals surface area contributed by atoms with Gasteiger partial charge in [0.15, 0.2) is 0 Å². The maximum Gasteiger partial charge on any atom is 0.523 e. The van der Waals surface area contributed by atoms with Crippen LogP contribution >= 0.6 is 0 Å². The predicted octanol–water partition coefficient (Wildman–Crippen LogP) is 2.29. The van der Waals surface area contributed by atoms with Crippen LogP contribution < -0.4 is 0 Å². The number of hydrogen-bond donors (Lipinski definition) is 0. The SMILES string of the molecule is C#CCC(C)(C)CCOS(=O)(=O)C(F)(F)F. The van der Waals surface area contributed by atoms with Crippen LogP contribution in [0.15, 0.2) is 0 Å². The fraction of sp³-hybridized carbons (Fsp3) is 0.778. The highest BCUT2D eigenvalue weighted by atomic mass is 32.2. The highest BCUT2D eigenvalue weighted by molar-refractivity contribution is 7.87. The summed E-state index contributed by atoms with van der Waals surface area (Å²) in [5, 5.41) is 0. The van der Waals surface area contributed by atoms with E-state index in [1.165, 1.54) is 0 Å². The minimum absolute atomic E-state index is 0.131. The molecule has 0 aromatic heterocycles. The summed E-state index contributed by atoms with van der Waals surface area (Å²) in [4.78, 5) is 0. The highest BCUT2D eigenvalue weighted by Crippen LogP contribution is 2.28. The van der Waals surface area contributed by atoms with Crippen LogP contribution in [0.3, 0.4) is 0 Å². The molecule has 0 fully saturated rings. The molecule has 7 heteroatoms. The zero-order valence-corrected chi connectivity index (χ0v) is 9.78. The van der Waals surface area contributed by atoms with Crippen LogP contribution in [0.2, 0.25) is 0 Å². The van der Waals surface area contributed by atoms with Crippen LogP contribution in [0.4, 0.5) is 13.2 Å². The summed E-state index contributed by atoms with van der Waals surface area (Å²) in [5.74, 6) is 2.36. The summed E-state index contributed by atoms with van der Waals surface area (Å²) in [7, 11) is -5.49. The van der Waals surface area contributed by atoms with Gasteiger partial charge >= 0.3 is 15.6 Å². The van der Waals surface area contributed by atoms with Crippen molar-refractivity contribution >= 4 is 10.1 Å². The zero-order valence-electron chi connectivity index (χ0n) is 8.97. The van der Waals surface area contributed by atoms with E-state index in [1.54, 1.807) is 13.8 Å². The van der Waals surface area contributed by atoms with E-state index in [0.717, 1.165) is 0 Å². The molecule has 0 bridgehead atoms. The van der Waals surface area contributed by atoms with Gasteiger partial charge in [0.25, 0.3) is 0 Å². The molecule has 0 amide bonds. The van der Waals surface area contributed by atoms with Crippen molar-refractivity contribution in [1.29, 1.82) is 0 Å². The lowest BCUT2D eigenvalue weighted by Gasteiger charge is -2.21. The zero-order chi connectivity index (χ0) is 13.0. The Labute approximate surface area is 93.1 Å². The maximum absolute atomic E-state index is 11.9. The summed E-state index contributed by atoms with van der Waals surface area (Å²) in [6.45, 7) is 2.91. The van der Waals surface area contributed by atoms with Gasteiger partial charge in [0.1, 0.15) is 0 Å². The van der Waals surface area contributed by atoms with E-state index in [9.17, 15) is 21.6 Å². The minimum atomic E-state index is -5.49. The van der Waals surface area contributed by atoms with Gasteiger partial charge in [-0.2, -0.15) is 21.6 Å². The standard InChI is InChI=1S/C9H13F3O3S/c1-4-5-8(2,3)6-7-15-16(13,14)9(10,11)12/h1H,5-7H2,2-3H3. The second kappa shape index (κ2) is 5.06.